The van der Waals surface area contributed by atoms with Crippen LogP contribution in [0.1, 0.15) is 65.7 Å². The monoisotopic (exact) mass is 282 g/mol. The standard InChI is InChI=1S/C16H30N2O2/c1-4-6-7-8-9-11-18-12-10-14(19)17-15(16(18)20)13(3)5-2/h13,15H,4-12H2,1-3H3,(H,17,19). The van der Waals surface area contributed by atoms with E-state index in [9.17, 15) is 9.59 Å². The molecule has 2 unspecified atom stereocenters. The third kappa shape index (κ3) is 5.14. The maximum absolute atomic E-state index is 12.5. The second-order valence-corrected chi connectivity index (χ2v) is 5.92. The van der Waals surface area contributed by atoms with Gasteiger partial charge in [0, 0.05) is 19.5 Å². The molecule has 1 aliphatic heterocycles. The zero-order chi connectivity index (χ0) is 15.0. The Morgan fingerprint density at radius 3 is 2.55 bits per heavy atom. The van der Waals surface area contributed by atoms with E-state index in [1.165, 1.54) is 25.7 Å². The van der Waals surface area contributed by atoms with Crippen molar-refractivity contribution in [2.75, 3.05) is 13.1 Å². The van der Waals surface area contributed by atoms with Gasteiger partial charge in [0.1, 0.15) is 6.04 Å². The summed E-state index contributed by atoms with van der Waals surface area (Å²) in [6, 6.07) is -0.328. The average Bonchev–Trinajstić information content (AvgIpc) is 2.59. The zero-order valence-corrected chi connectivity index (χ0v) is 13.3. The van der Waals surface area contributed by atoms with Gasteiger partial charge >= 0.3 is 0 Å². The quantitative estimate of drug-likeness (QED) is 0.696. The first-order valence-electron chi connectivity index (χ1n) is 8.18. The van der Waals surface area contributed by atoms with Crippen LogP contribution < -0.4 is 5.32 Å². The summed E-state index contributed by atoms with van der Waals surface area (Å²) in [4.78, 5) is 26.1. The van der Waals surface area contributed by atoms with Crippen LogP contribution in [0, 0.1) is 5.92 Å². The fourth-order valence-electron chi connectivity index (χ4n) is 2.60. The van der Waals surface area contributed by atoms with Crippen molar-refractivity contribution in [1.82, 2.24) is 10.2 Å². The molecule has 1 N–H and O–H groups in total. The summed E-state index contributed by atoms with van der Waals surface area (Å²) < 4.78 is 0. The predicted octanol–water partition coefficient (Wildman–Crippen LogP) is 2.72. The molecule has 0 aromatic heterocycles. The summed E-state index contributed by atoms with van der Waals surface area (Å²) >= 11 is 0. The number of hydrogen-bond donors (Lipinski definition) is 1. The minimum Gasteiger partial charge on any atom is -0.344 e. The fourth-order valence-corrected chi connectivity index (χ4v) is 2.60. The number of hydrogen-bond acceptors (Lipinski definition) is 2. The Morgan fingerprint density at radius 1 is 1.20 bits per heavy atom. The minimum absolute atomic E-state index is 0.0112. The van der Waals surface area contributed by atoms with Crippen LogP contribution in [0.4, 0.5) is 0 Å². The molecule has 1 aliphatic rings. The Hall–Kier alpha value is -1.06. The number of nitrogens with one attached hydrogen (secondary N) is 1. The van der Waals surface area contributed by atoms with E-state index in [1.54, 1.807) is 0 Å². The molecule has 4 nitrogen and oxygen atoms in total. The number of carbonyl (C=O) groups is 2. The van der Waals surface area contributed by atoms with Crippen molar-refractivity contribution < 1.29 is 9.59 Å². The van der Waals surface area contributed by atoms with Crippen LogP contribution in [0.15, 0.2) is 0 Å². The molecule has 116 valence electrons. The molecule has 1 saturated heterocycles. The van der Waals surface area contributed by atoms with Gasteiger partial charge in [0.05, 0.1) is 0 Å². The van der Waals surface area contributed by atoms with Gasteiger partial charge in [0.15, 0.2) is 0 Å². The highest BCUT2D eigenvalue weighted by atomic mass is 16.2. The largest absolute Gasteiger partial charge is 0.344 e. The number of nitrogens with zero attached hydrogens (tertiary/aromatic N) is 1. The molecule has 4 heteroatoms. The lowest BCUT2D eigenvalue weighted by atomic mass is 9.98. The lowest BCUT2D eigenvalue weighted by Gasteiger charge is -2.27. The number of rotatable bonds is 8. The molecule has 0 aliphatic carbocycles. The summed E-state index contributed by atoms with van der Waals surface area (Å²) in [7, 11) is 0. The second kappa shape index (κ2) is 8.98. The van der Waals surface area contributed by atoms with Gasteiger partial charge in [-0.05, 0) is 12.3 Å². The molecule has 2 amide bonds. The molecule has 0 aromatic rings. The highest BCUT2D eigenvalue weighted by Crippen LogP contribution is 2.15. The average molecular weight is 282 g/mol. The number of unbranched alkanes of at least 4 members (excludes halogenated alkanes) is 4. The van der Waals surface area contributed by atoms with E-state index in [0.717, 1.165) is 19.4 Å². The maximum atomic E-state index is 12.5. The summed E-state index contributed by atoms with van der Waals surface area (Å²) in [6.45, 7) is 7.67. The van der Waals surface area contributed by atoms with Gasteiger partial charge in [-0.15, -0.1) is 0 Å². The first kappa shape index (κ1) is 17.0. The molecule has 0 saturated carbocycles. The van der Waals surface area contributed by atoms with Crippen LogP contribution in [0.3, 0.4) is 0 Å². The summed E-state index contributed by atoms with van der Waals surface area (Å²) in [5, 5.41) is 2.89. The Morgan fingerprint density at radius 2 is 1.90 bits per heavy atom. The molecule has 0 bridgehead atoms. The molecular weight excluding hydrogens is 252 g/mol. The van der Waals surface area contributed by atoms with Crippen LogP contribution >= 0.6 is 0 Å². The van der Waals surface area contributed by atoms with Gasteiger partial charge in [0.2, 0.25) is 11.8 Å². The third-order valence-corrected chi connectivity index (χ3v) is 4.25. The van der Waals surface area contributed by atoms with Gasteiger partial charge < -0.3 is 10.2 Å². The van der Waals surface area contributed by atoms with E-state index in [0.29, 0.717) is 13.0 Å². The smallest absolute Gasteiger partial charge is 0.245 e. The van der Waals surface area contributed by atoms with Crippen molar-refractivity contribution in [3.63, 3.8) is 0 Å². The van der Waals surface area contributed by atoms with Crippen LogP contribution in [-0.4, -0.2) is 35.8 Å². The third-order valence-electron chi connectivity index (χ3n) is 4.25. The van der Waals surface area contributed by atoms with E-state index in [2.05, 4.69) is 19.2 Å². The summed E-state index contributed by atoms with van der Waals surface area (Å²) in [5.74, 6) is 0.324. The Bertz CT molecular complexity index is 318. The van der Waals surface area contributed by atoms with Crippen LogP contribution in [0.25, 0.3) is 0 Å². The zero-order valence-electron chi connectivity index (χ0n) is 13.3. The van der Waals surface area contributed by atoms with Crippen molar-refractivity contribution in [2.24, 2.45) is 5.92 Å². The predicted molar refractivity (Wildman–Crippen MR) is 81.3 cm³/mol. The first-order chi connectivity index (χ1) is 9.60. The molecule has 1 rings (SSSR count). The van der Waals surface area contributed by atoms with Crippen LogP contribution in [0.5, 0.6) is 0 Å². The van der Waals surface area contributed by atoms with E-state index in [-0.39, 0.29) is 23.8 Å². The Balaban J connectivity index is 2.51. The van der Waals surface area contributed by atoms with E-state index >= 15 is 0 Å². The number of carbonyl (C=O) groups excluding carboxylic acids is 2. The SMILES string of the molecule is CCCCCCCN1CCC(=O)NC(C(C)CC)C1=O. The van der Waals surface area contributed by atoms with E-state index < -0.39 is 0 Å². The van der Waals surface area contributed by atoms with Gasteiger partial charge in [-0.1, -0.05) is 52.9 Å². The highest BCUT2D eigenvalue weighted by Gasteiger charge is 2.32. The normalized spacial score (nSPS) is 21.6. The van der Waals surface area contributed by atoms with Crippen molar-refractivity contribution in [1.29, 1.82) is 0 Å². The summed E-state index contributed by atoms with van der Waals surface area (Å²) in [6.07, 6.45) is 7.31. The van der Waals surface area contributed by atoms with Gasteiger partial charge in [-0.3, -0.25) is 9.59 Å². The molecule has 0 radical (unpaired) electrons. The molecule has 0 spiro atoms. The maximum Gasteiger partial charge on any atom is 0.245 e. The molecule has 1 fully saturated rings. The lowest BCUT2D eigenvalue weighted by Crippen LogP contribution is -2.48. The first-order valence-corrected chi connectivity index (χ1v) is 8.18. The van der Waals surface area contributed by atoms with E-state index in [1.807, 2.05) is 11.8 Å². The molecule has 1 heterocycles. The van der Waals surface area contributed by atoms with Gasteiger partial charge in [-0.25, -0.2) is 0 Å². The Kier molecular flexibility index (Phi) is 7.63. The fraction of sp³-hybridized carbons (Fsp3) is 0.875. The van der Waals surface area contributed by atoms with Crippen molar-refractivity contribution in [3.8, 4) is 0 Å². The van der Waals surface area contributed by atoms with Crippen LogP contribution in [0.2, 0.25) is 0 Å². The molecule has 0 aromatic carbocycles. The topological polar surface area (TPSA) is 49.4 Å². The van der Waals surface area contributed by atoms with Crippen molar-refractivity contribution >= 4 is 11.8 Å². The minimum atomic E-state index is -0.328. The lowest BCUT2D eigenvalue weighted by molar-refractivity contribution is -0.135. The van der Waals surface area contributed by atoms with Crippen molar-refractivity contribution in [2.45, 2.75) is 71.8 Å². The van der Waals surface area contributed by atoms with Gasteiger partial charge in [-0.2, -0.15) is 0 Å². The second-order valence-electron chi connectivity index (χ2n) is 5.92. The number of amides is 2. The van der Waals surface area contributed by atoms with Gasteiger partial charge in [0.25, 0.3) is 0 Å². The molecular formula is C16H30N2O2. The van der Waals surface area contributed by atoms with Crippen molar-refractivity contribution in [3.05, 3.63) is 0 Å². The van der Waals surface area contributed by atoms with Crippen LogP contribution in [-0.2, 0) is 9.59 Å². The molecule has 20 heavy (non-hydrogen) atoms. The Labute approximate surface area is 123 Å². The highest BCUT2D eigenvalue weighted by molar-refractivity contribution is 5.90. The summed E-state index contributed by atoms with van der Waals surface area (Å²) in [5.41, 5.74) is 0. The molecule has 2 atom stereocenters. The van der Waals surface area contributed by atoms with E-state index in [4.69, 9.17) is 0 Å².